The summed E-state index contributed by atoms with van der Waals surface area (Å²) in [6.45, 7) is 2.24. The van der Waals surface area contributed by atoms with Crippen molar-refractivity contribution >= 4 is 34.8 Å². The summed E-state index contributed by atoms with van der Waals surface area (Å²) in [7, 11) is 0. The Morgan fingerprint density at radius 3 is 2.43 bits per heavy atom. The number of carbonyl (C=O) groups excluding carboxylic acids is 2. The highest BCUT2D eigenvalue weighted by Gasteiger charge is 2.09. The zero-order valence-corrected chi connectivity index (χ0v) is 16.0. The number of carbonyl (C=O) groups is 2. The maximum absolute atomic E-state index is 12.2. The summed E-state index contributed by atoms with van der Waals surface area (Å²) in [6.07, 6.45) is 1.56. The largest absolute Gasteiger partial charge is 0.467 e. The molecule has 3 N–H and O–H groups in total. The molecule has 1 heterocycles. The molecule has 0 fully saturated rings. The zero-order valence-electron chi connectivity index (χ0n) is 15.2. The smallest absolute Gasteiger partial charge is 0.257 e. The number of thiocarbonyl (C=S) groups is 1. The highest BCUT2D eigenvalue weighted by atomic mass is 32.1. The lowest BCUT2D eigenvalue weighted by atomic mass is 10.1. The van der Waals surface area contributed by atoms with Crippen LogP contribution in [-0.2, 0) is 6.54 Å². The van der Waals surface area contributed by atoms with Crippen LogP contribution in [0.3, 0.4) is 0 Å². The molecular formula is C21H19N3O3S. The van der Waals surface area contributed by atoms with Gasteiger partial charge in [-0.3, -0.25) is 14.9 Å². The van der Waals surface area contributed by atoms with Gasteiger partial charge < -0.3 is 15.1 Å². The van der Waals surface area contributed by atoms with Gasteiger partial charge >= 0.3 is 0 Å². The number of amides is 2. The van der Waals surface area contributed by atoms with Gasteiger partial charge in [0, 0.05) is 16.8 Å². The van der Waals surface area contributed by atoms with Crippen LogP contribution in [-0.4, -0.2) is 16.9 Å². The molecule has 3 aromatic rings. The van der Waals surface area contributed by atoms with E-state index in [2.05, 4.69) is 16.0 Å². The van der Waals surface area contributed by atoms with Crippen LogP contribution in [0.15, 0.2) is 71.3 Å². The first-order valence-corrected chi connectivity index (χ1v) is 9.02. The van der Waals surface area contributed by atoms with Crippen LogP contribution in [0.5, 0.6) is 0 Å². The van der Waals surface area contributed by atoms with E-state index in [4.69, 9.17) is 16.6 Å². The molecular weight excluding hydrogens is 374 g/mol. The van der Waals surface area contributed by atoms with Gasteiger partial charge in [-0.1, -0.05) is 17.7 Å². The van der Waals surface area contributed by atoms with Crippen LogP contribution in [0, 0.1) is 6.92 Å². The van der Waals surface area contributed by atoms with Gasteiger partial charge in [-0.15, -0.1) is 0 Å². The summed E-state index contributed by atoms with van der Waals surface area (Å²) < 4.78 is 5.18. The van der Waals surface area contributed by atoms with Gasteiger partial charge in [-0.25, -0.2) is 0 Å². The molecule has 0 unspecified atom stereocenters. The lowest BCUT2D eigenvalue weighted by molar-refractivity contribution is 0.0946. The third-order valence-corrected chi connectivity index (χ3v) is 4.12. The summed E-state index contributed by atoms with van der Waals surface area (Å²) in [5.41, 5.74) is 2.70. The van der Waals surface area contributed by atoms with E-state index >= 15 is 0 Å². The second-order valence-corrected chi connectivity index (χ2v) is 6.53. The number of rotatable bonds is 5. The lowest BCUT2D eigenvalue weighted by Crippen LogP contribution is -2.34. The van der Waals surface area contributed by atoms with Crippen molar-refractivity contribution in [1.82, 2.24) is 10.6 Å². The van der Waals surface area contributed by atoms with E-state index in [-0.39, 0.29) is 16.9 Å². The first kappa shape index (κ1) is 19.3. The standard InChI is InChI=1S/C21H19N3O3S/c1-14-4-2-5-16(12-14)20(26)24-21(28)23-17-9-7-15(8-10-17)19(25)22-13-18-6-3-11-27-18/h2-12H,13H2,1H3,(H,22,25)(H2,23,24,26,28). The molecule has 0 saturated carbocycles. The zero-order chi connectivity index (χ0) is 19.9. The Labute approximate surface area is 167 Å². The van der Waals surface area contributed by atoms with Crippen molar-refractivity contribution in [2.75, 3.05) is 5.32 Å². The Kier molecular flexibility index (Phi) is 6.18. The first-order valence-electron chi connectivity index (χ1n) is 8.61. The average molecular weight is 393 g/mol. The molecule has 3 rings (SSSR count). The van der Waals surface area contributed by atoms with Gasteiger partial charge in [0.2, 0.25) is 0 Å². The molecule has 0 aliphatic carbocycles. The predicted molar refractivity (Wildman–Crippen MR) is 111 cm³/mol. The first-order chi connectivity index (χ1) is 13.5. The minimum absolute atomic E-state index is 0.182. The fraction of sp³-hybridized carbons (Fsp3) is 0.0952. The van der Waals surface area contributed by atoms with Crippen molar-refractivity contribution < 1.29 is 14.0 Å². The van der Waals surface area contributed by atoms with Gasteiger partial charge in [0.1, 0.15) is 5.76 Å². The van der Waals surface area contributed by atoms with E-state index < -0.39 is 0 Å². The maximum atomic E-state index is 12.2. The molecule has 7 heteroatoms. The topological polar surface area (TPSA) is 83.4 Å². The molecule has 0 bridgehead atoms. The summed E-state index contributed by atoms with van der Waals surface area (Å²) in [5, 5.41) is 8.52. The fourth-order valence-electron chi connectivity index (χ4n) is 2.51. The van der Waals surface area contributed by atoms with Crippen molar-refractivity contribution in [3.63, 3.8) is 0 Å². The van der Waals surface area contributed by atoms with E-state index in [9.17, 15) is 9.59 Å². The van der Waals surface area contributed by atoms with Crippen molar-refractivity contribution in [3.05, 3.63) is 89.4 Å². The molecule has 6 nitrogen and oxygen atoms in total. The molecule has 0 aliphatic heterocycles. The fourth-order valence-corrected chi connectivity index (χ4v) is 2.72. The van der Waals surface area contributed by atoms with Gasteiger partial charge in [0.25, 0.3) is 11.8 Å². The Morgan fingerprint density at radius 2 is 1.75 bits per heavy atom. The summed E-state index contributed by atoms with van der Waals surface area (Å²) >= 11 is 5.18. The van der Waals surface area contributed by atoms with Crippen LogP contribution in [0.4, 0.5) is 5.69 Å². The van der Waals surface area contributed by atoms with E-state index in [1.165, 1.54) is 0 Å². The minimum atomic E-state index is -0.282. The molecule has 2 amide bonds. The lowest BCUT2D eigenvalue weighted by Gasteiger charge is -2.10. The monoisotopic (exact) mass is 393 g/mol. The molecule has 0 atom stereocenters. The second-order valence-electron chi connectivity index (χ2n) is 6.12. The van der Waals surface area contributed by atoms with Gasteiger partial charge in [-0.05, 0) is 67.7 Å². The van der Waals surface area contributed by atoms with E-state index in [1.807, 2.05) is 19.1 Å². The third-order valence-electron chi connectivity index (χ3n) is 3.92. The number of anilines is 1. The van der Waals surface area contributed by atoms with E-state index in [0.29, 0.717) is 29.1 Å². The van der Waals surface area contributed by atoms with Crippen molar-refractivity contribution in [2.45, 2.75) is 13.5 Å². The maximum Gasteiger partial charge on any atom is 0.257 e. The highest BCUT2D eigenvalue weighted by Crippen LogP contribution is 2.10. The van der Waals surface area contributed by atoms with Gasteiger partial charge in [0.15, 0.2) is 5.11 Å². The van der Waals surface area contributed by atoms with Crippen LogP contribution in [0.1, 0.15) is 32.0 Å². The van der Waals surface area contributed by atoms with Crippen molar-refractivity contribution in [3.8, 4) is 0 Å². The SMILES string of the molecule is Cc1cccc(C(=O)NC(=S)Nc2ccc(C(=O)NCc3ccco3)cc2)c1. The van der Waals surface area contributed by atoms with Crippen molar-refractivity contribution in [1.29, 1.82) is 0 Å². The summed E-state index contributed by atoms with van der Waals surface area (Å²) in [5.74, 6) is 0.190. The normalized spacial score (nSPS) is 10.2. The van der Waals surface area contributed by atoms with Crippen molar-refractivity contribution in [2.24, 2.45) is 0 Å². The van der Waals surface area contributed by atoms with Crippen LogP contribution < -0.4 is 16.0 Å². The van der Waals surface area contributed by atoms with Crippen LogP contribution >= 0.6 is 12.2 Å². The molecule has 0 aliphatic rings. The average Bonchev–Trinajstić information content (AvgIpc) is 3.20. The Bertz CT molecular complexity index is 982. The molecule has 2 aromatic carbocycles. The van der Waals surface area contributed by atoms with Gasteiger partial charge in [0.05, 0.1) is 12.8 Å². The third kappa shape index (κ3) is 5.28. The Morgan fingerprint density at radius 1 is 0.964 bits per heavy atom. The molecule has 0 saturated heterocycles. The second kappa shape index (κ2) is 8.96. The van der Waals surface area contributed by atoms with E-state index in [0.717, 1.165) is 5.56 Å². The van der Waals surface area contributed by atoms with Crippen LogP contribution in [0.2, 0.25) is 0 Å². The number of furan rings is 1. The predicted octanol–water partition coefficient (Wildman–Crippen LogP) is 3.64. The molecule has 142 valence electrons. The summed E-state index contributed by atoms with van der Waals surface area (Å²) in [4.78, 5) is 24.4. The van der Waals surface area contributed by atoms with Gasteiger partial charge in [-0.2, -0.15) is 0 Å². The molecule has 0 spiro atoms. The molecule has 1 aromatic heterocycles. The molecule has 28 heavy (non-hydrogen) atoms. The number of hydrogen-bond acceptors (Lipinski definition) is 4. The molecule has 0 radical (unpaired) electrons. The number of aryl methyl sites for hydroxylation is 1. The minimum Gasteiger partial charge on any atom is -0.467 e. The highest BCUT2D eigenvalue weighted by molar-refractivity contribution is 7.80. The number of benzene rings is 2. The summed E-state index contributed by atoms with van der Waals surface area (Å²) in [6, 6.07) is 17.6. The Balaban J connectivity index is 1.52. The van der Waals surface area contributed by atoms with Crippen LogP contribution in [0.25, 0.3) is 0 Å². The van der Waals surface area contributed by atoms with E-state index in [1.54, 1.807) is 54.8 Å². The number of nitrogens with one attached hydrogen (secondary N) is 3. The number of hydrogen-bond donors (Lipinski definition) is 3. The Hall–Kier alpha value is -3.45. The quantitative estimate of drug-likeness (QED) is 0.577.